The fraction of sp³-hybridized carbons (Fsp3) is 0.481. The van der Waals surface area contributed by atoms with Crippen LogP contribution in [-0.4, -0.2) is 30.1 Å². The minimum atomic E-state index is -0.200. The molecule has 0 radical (unpaired) electrons. The Bertz CT molecular complexity index is 1340. The number of hydrogen-bond acceptors (Lipinski definition) is 6. The molecule has 4 rings (SSSR count). The van der Waals surface area contributed by atoms with Crippen LogP contribution in [0.4, 0.5) is 0 Å². The van der Waals surface area contributed by atoms with Gasteiger partial charge in [-0.05, 0) is 85.5 Å². The van der Waals surface area contributed by atoms with Crippen LogP contribution in [0.2, 0.25) is 0 Å². The van der Waals surface area contributed by atoms with Gasteiger partial charge in [0.05, 0.1) is 17.1 Å². The number of pyridine rings is 1. The average Bonchev–Trinajstić information content (AvgIpc) is 3.51. The van der Waals surface area contributed by atoms with Crippen LogP contribution in [0.3, 0.4) is 0 Å². The van der Waals surface area contributed by atoms with Gasteiger partial charge in [0, 0.05) is 23.5 Å². The monoisotopic (exact) mass is 492 g/mol. The van der Waals surface area contributed by atoms with Gasteiger partial charge in [0.15, 0.2) is 5.82 Å². The van der Waals surface area contributed by atoms with Crippen LogP contribution >= 0.6 is 11.3 Å². The highest BCUT2D eigenvalue weighted by atomic mass is 32.1. The maximum Gasteiger partial charge on any atom is 0.252 e. The van der Waals surface area contributed by atoms with Crippen molar-refractivity contribution in [2.45, 2.75) is 85.5 Å². The number of H-pyrrole nitrogens is 1. The molecule has 35 heavy (non-hydrogen) atoms. The molecule has 3 heterocycles. The second-order valence-corrected chi connectivity index (χ2v) is 11.1. The second-order valence-electron chi connectivity index (χ2n) is 10.1. The van der Waals surface area contributed by atoms with Gasteiger partial charge in [0.1, 0.15) is 0 Å². The summed E-state index contributed by atoms with van der Waals surface area (Å²) >= 11 is 1.73. The van der Waals surface area contributed by atoms with Gasteiger partial charge in [-0.1, -0.05) is 38.0 Å². The molecule has 0 aliphatic heterocycles. The molecule has 0 aliphatic rings. The molecule has 1 aromatic carbocycles. The molecule has 4 aromatic rings. The molecular formula is C27H36N6OS. The standard InChI is InChI=1S/C27H36N6OS/c1-7-10-23(25-29-30-31-33(25)27(5,6)8-2)32(17-22-11-9-12-35-22)16-21-15-20-14-18(3)13-19(4)24(20)28-26(21)34/h9,11-15,23H,7-8,10,16-17H2,1-6H3,(H,28,34)/t23-/m1/s1. The van der Waals surface area contributed by atoms with E-state index in [-0.39, 0.29) is 17.1 Å². The number of thiophene rings is 1. The third-order valence-electron chi connectivity index (χ3n) is 6.92. The summed E-state index contributed by atoms with van der Waals surface area (Å²) in [5.41, 5.74) is 3.71. The zero-order valence-electron chi connectivity index (χ0n) is 21.6. The molecule has 0 aliphatic carbocycles. The van der Waals surface area contributed by atoms with Crippen LogP contribution in [0.15, 0.2) is 40.5 Å². The summed E-state index contributed by atoms with van der Waals surface area (Å²) in [4.78, 5) is 20.0. The molecule has 0 saturated heterocycles. The van der Waals surface area contributed by atoms with Gasteiger partial charge in [-0.15, -0.1) is 16.4 Å². The Hall–Kier alpha value is -2.84. The van der Waals surface area contributed by atoms with Gasteiger partial charge in [0.25, 0.3) is 5.56 Å². The summed E-state index contributed by atoms with van der Waals surface area (Å²) in [7, 11) is 0. The lowest BCUT2D eigenvalue weighted by Crippen LogP contribution is -2.36. The van der Waals surface area contributed by atoms with E-state index in [0.717, 1.165) is 53.7 Å². The Morgan fingerprint density at radius 3 is 2.66 bits per heavy atom. The van der Waals surface area contributed by atoms with Crippen LogP contribution < -0.4 is 5.56 Å². The van der Waals surface area contributed by atoms with Crippen molar-refractivity contribution in [3.8, 4) is 0 Å². The number of hydrogen-bond donors (Lipinski definition) is 1. The summed E-state index contributed by atoms with van der Waals surface area (Å²) < 4.78 is 1.98. The van der Waals surface area contributed by atoms with Crippen molar-refractivity contribution >= 4 is 22.2 Å². The van der Waals surface area contributed by atoms with E-state index in [1.165, 1.54) is 10.4 Å². The molecule has 0 bridgehead atoms. The van der Waals surface area contributed by atoms with Gasteiger partial charge in [-0.2, -0.15) is 0 Å². The number of fused-ring (bicyclic) bond motifs is 1. The molecule has 1 N–H and O–H groups in total. The van der Waals surface area contributed by atoms with Gasteiger partial charge in [-0.25, -0.2) is 4.68 Å². The van der Waals surface area contributed by atoms with E-state index in [2.05, 4.69) is 95.7 Å². The van der Waals surface area contributed by atoms with E-state index in [9.17, 15) is 4.79 Å². The van der Waals surface area contributed by atoms with E-state index in [1.807, 2.05) is 11.6 Å². The summed E-state index contributed by atoms with van der Waals surface area (Å²) in [6, 6.07) is 10.5. The lowest BCUT2D eigenvalue weighted by molar-refractivity contribution is 0.147. The highest BCUT2D eigenvalue weighted by Crippen LogP contribution is 2.32. The molecule has 8 heteroatoms. The Kier molecular flexibility index (Phi) is 7.52. The van der Waals surface area contributed by atoms with Gasteiger partial charge >= 0.3 is 0 Å². The number of aromatic nitrogens is 5. The molecule has 186 valence electrons. The number of rotatable bonds is 10. The molecular weight excluding hydrogens is 456 g/mol. The first kappa shape index (κ1) is 25.3. The molecule has 0 unspecified atom stereocenters. The minimum Gasteiger partial charge on any atom is -0.321 e. The van der Waals surface area contributed by atoms with Crippen molar-refractivity contribution in [2.24, 2.45) is 0 Å². The summed E-state index contributed by atoms with van der Waals surface area (Å²) in [5.74, 6) is 0.860. The van der Waals surface area contributed by atoms with Gasteiger partial charge in [-0.3, -0.25) is 9.69 Å². The maximum absolute atomic E-state index is 13.2. The lowest BCUT2D eigenvalue weighted by Gasteiger charge is -2.33. The molecule has 3 aromatic heterocycles. The average molecular weight is 493 g/mol. The highest BCUT2D eigenvalue weighted by Gasteiger charge is 2.31. The molecule has 0 spiro atoms. The number of aromatic amines is 1. The predicted octanol–water partition coefficient (Wildman–Crippen LogP) is 5.88. The van der Waals surface area contributed by atoms with Crippen LogP contribution in [0.1, 0.15) is 80.4 Å². The van der Waals surface area contributed by atoms with E-state index >= 15 is 0 Å². The summed E-state index contributed by atoms with van der Waals surface area (Å²) in [5, 5.41) is 16.1. The number of nitrogens with one attached hydrogen (secondary N) is 1. The van der Waals surface area contributed by atoms with Crippen LogP contribution in [0.25, 0.3) is 10.9 Å². The van der Waals surface area contributed by atoms with Gasteiger partial charge in [0.2, 0.25) is 0 Å². The molecule has 0 amide bonds. The van der Waals surface area contributed by atoms with E-state index in [1.54, 1.807) is 11.3 Å². The fourth-order valence-electron chi connectivity index (χ4n) is 4.68. The van der Waals surface area contributed by atoms with Crippen LogP contribution in [0, 0.1) is 13.8 Å². The van der Waals surface area contributed by atoms with Crippen molar-refractivity contribution in [1.29, 1.82) is 0 Å². The second kappa shape index (κ2) is 10.4. The van der Waals surface area contributed by atoms with E-state index < -0.39 is 0 Å². The lowest BCUT2D eigenvalue weighted by atomic mass is 10.0. The number of nitrogens with zero attached hydrogens (tertiary/aromatic N) is 5. The fourth-order valence-corrected chi connectivity index (χ4v) is 5.41. The molecule has 0 saturated carbocycles. The smallest absolute Gasteiger partial charge is 0.252 e. The Morgan fingerprint density at radius 1 is 1.17 bits per heavy atom. The number of tetrazole rings is 1. The van der Waals surface area contributed by atoms with Crippen LogP contribution in [0.5, 0.6) is 0 Å². The van der Waals surface area contributed by atoms with Crippen molar-refractivity contribution < 1.29 is 0 Å². The van der Waals surface area contributed by atoms with Gasteiger partial charge < -0.3 is 4.98 Å². The first-order chi connectivity index (χ1) is 16.7. The summed E-state index contributed by atoms with van der Waals surface area (Å²) in [6.07, 6.45) is 2.80. The van der Waals surface area contributed by atoms with Crippen molar-refractivity contribution in [3.05, 3.63) is 73.5 Å². The van der Waals surface area contributed by atoms with Crippen molar-refractivity contribution in [2.75, 3.05) is 0 Å². The predicted molar refractivity (Wildman–Crippen MR) is 143 cm³/mol. The Morgan fingerprint density at radius 2 is 1.97 bits per heavy atom. The van der Waals surface area contributed by atoms with Crippen molar-refractivity contribution in [1.82, 2.24) is 30.1 Å². The number of aryl methyl sites for hydroxylation is 2. The van der Waals surface area contributed by atoms with E-state index in [4.69, 9.17) is 0 Å². The first-order valence-corrected chi connectivity index (χ1v) is 13.3. The van der Waals surface area contributed by atoms with Crippen LogP contribution in [-0.2, 0) is 18.6 Å². The molecule has 7 nitrogen and oxygen atoms in total. The first-order valence-electron chi connectivity index (χ1n) is 12.4. The Labute approximate surface area is 211 Å². The third kappa shape index (κ3) is 5.38. The zero-order chi connectivity index (χ0) is 25.2. The highest BCUT2D eigenvalue weighted by molar-refractivity contribution is 7.09. The minimum absolute atomic E-state index is 0.0164. The van der Waals surface area contributed by atoms with Crippen molar-refractivity contribution in [3.63, 3.8) is 0 Å². The topological polar surface area (TPSA) is 79.7 Å². The normalized spacial score (nSPS) is 13.1. The Balaban J connectivity index is 1.79. The summed E-state index contributed by atoms with van der Waals surface area (Å²) in [6.45, 7) is 14.0. The molecule has 1 atom stereocenters. The quantitative estimate of drug-likeness (QED) is 0.299. The van der Waals surface area contributed by atoms with E-state index in [0.29, 0.717) is 6.54 Å². The maximum atomic E-state index is 13.2. The largest absolute Gasteiger partial charge is 0.321 e. The third-order valence-corrected chi connectivity index (χ3v) is 7.78. The number of benzene rings is 1. The SMILES string of the molecule is CCC[C@H](c1nnnn1C(C)(C)CC)N(Cc1cccs1)Cc1cc2cc(C)cc(C)c2[nH]c1=O. The zero-order valence-corrected chi connectivity index (χ0v) is 22.4. The molecule has 0 fully saturated rings.